The Morgan fingerprint density at radius 1 is 0.322 bits per heavy atom. The number of anilines is 15. The second-order valence-electron chi connectivity index (χ2n) is 21.9. The van der Waals surface area contributed by atoms with Crippen LogP contribution < -0.4 is 234 Å². The van der Waals surface area contributed by atoms with Gasteiger partial charge in [0.25, 0.3) is 0 Å². The number of aliphatic hydroxyl groups is 6. The van der Waals surface area contributed by atoms with E-state index in [-0.39, 0.29) is 350 Å². The molecule has 0 aliphatic carbocycles. The minimum absolute atomic E-state index is 0. The number of benzene rings is 6. The Morgan fingerprint density at radius 2 is 0.548 bits per heavy atom. The molecule has 0 radical (unpaired) electrons. The van der Waals surface area contributed by atoms with Gasteiger partial charge in [0.05, 0.1) is 83.3 Å². The zero-order valence-electron chi connectivity index (χ0n) is 61.7. The van der Waals surface area contributed by atoms with Gasteiger partial charge in [-0.15, -0.1) is 0 Å². The summed E-state index contributed by atoms with van der Waals surface area (Å²) in [6, 6.07) is 25.2. The van der Waals surface area contributed by atoms with Crippen molar-refractivity contribution in [3.8, 4) is 0 Å². The van der Waals surface area contributed by atoms with E-state index in [1.807, 2.05) is 0 Å². The summed E-state index contributed by atoms with van der Waals surface area (Å²) in [6.07, 6.45) is 5.23. The molecule has 0 spiro atoms. The van der Waals surface area contributed by atoms with Crippen LogP contribution in [0.15, 0.2) is 151 Å². The molecule has 9 rings (SSSR count). The third-order valence-electron chi connectivity index (χ3n) is 14.5. The van der Waals surface area contributed by atoms with E-state index in [1.54, 1.807) is 0 Å². The molecule has 0 saturated carbocycles. The van der Waals surface area contributed by atoms with Crippen molar-refractivity contribution in [2.75, 3.05) is 126 Å². The molecule has 12 N–H and O–H groups in total. The van der Waals surface area contributed by atoms with E-state index in [9.17, 15) is 93.0 Å². The SMILES string of the molecule is O=S(=O)([O-])c1ccc(Nc2nc(Nc3ccc(/C=C/c4ccc(Nc5nc(Nc6ccc(/C=C/c7ccc(Nc8nc(Nc9ccc(S(=O)(=O)[O-])cc9)nc(N(CCO)CCO)n8)cc7S(=O)(=O)[O-])c(SOO[O-])c6)nc(N(CCO)CCO)n5)cc4S(=O)(=O)[O-])c(SOO[O-])c3)nc(N(CCO)CCO)n2)cc1.[Na+].[Na+].[Na+].[Na+].[Na+].[Na+]. The van der Waals surface area contributed by atoms with Gasteiger partial charge in [-0.1, -0.05) is 48.6 Å². The fourth-order valence-electron chi connectivity index (χ4n) is 9.73. The van der Waals surface area contributed by atoms with Crippen LogP contribution in [-0.4, -0.2) is 206 Å². The third kappa shape index (κ3) is 32.0. The van der Waals surface area contributed by atoms with Crippen molar-refractivity contribution >= 4 is 177 Å². The minimum atomic E-state index is -5.32. The van der Waals surface area contributed by atoms with Gasteiger partial charge in [-0.2, -0.15) is 53.5 Å². The Bertz CT molecular complexity index is 5210. The van der Waals surface area contributed by atoms with Crippen LogP contribution >= 0.6 is 24.1 Å². The topological polar surface area (TPSA) is 631 Å². The molecule has 42 nitrogen and oxygen atoms in total. The summed E-state index contributed by atoms with van der Waals surface area (Å²) in [5.41, 5.74) is 0.907. The summed E-state index contributed by atoms with van der Waals surface area (Å²) in [6.45, 7) is -2.94. The fourth-order valence-corrected chi connectivity index (χ4v) is 13.1. The molecule has 0 saturated heterocycles. The van der Waals surface area contributed by atoms with Gasteiger partial charge >= 0.3 is 177 Å². The second-order valence-corrected chi connectivity index (χ2v) is 28.8. The molecule has 0 fully saturated rings. The van der Waals surface area contributed by atoms with Crippen molar-refractivity contribution in [3.63, 3.8) is 0 Å². The Labute approximate surface area is 798 Å². The van der Waals surface area contributed by atoms with Gasteiger partial charge in [-0.3, -0.25) is 10.1 Å². The predicted octanol–water partition coefficient (Wildman–Crippen LogP) is -16.5. The van der Waals surface area contributed by atoms with Crippen LogP contribution in [0.1, 0.15) is 22.3 Å². The quantitative estimate of drug-likeness (QED) is 0.00423. The van der Waals surface area contributed by atoms with Crippen LogP contribution in [0.5, 0.6) is 0 Å². The molecular weight excluding hydrogens is 1700 g/mol. The third-order valence-corrected chi connectivity index (χ3v) is 19.3. The molecule has 0 atom stereocenters. The molecule has 0 aliphatic rings. The maximum atomic E-state index is 13.0. The zero-order valence-corrected chi connectivity index (χ0v) is 78.6. The van der Waals surface area contributed by atoms with E-state index in [4.69, 9.17) is 0 Å². The van der Waals surface area contributed by atoms with Crippen molar-refractivity contribution in [2.45, 2.75) is 29.4 Å². The molecule has 54 heteroatoms. The minimum Gasteiger partial charge on any atom is -0.744 e. The van der Waals surface area contributed by atoms with Crippen molar-refractivity contribution in [1.82, 2.24) is 44.9 Å². The summed E-state index contributed by atoms with van der Waals surface area (Å²) in [5, 5.41) is 106. The molecule has 580 valence electrons. The molecule has 0 amide bonds. The Kier molecular flexibility index (Phi) is 46.0. The van der Waals surface area contributed by atoms with Crippen molar-refractivity contribution in [3.05, 3.63) is 144 Å². The van der Waals surface area contributed by atoms with Crippen LogP contribution in [0.2, 0.25) is 0 Å². The number of rotatable bonds is 41. The number of aliphatic hydroxyl groups excluding tert-OH is 6. The van der Waals surface area contributed by atoms with Crippen LogP contribution in [0.4, 0.5) is 87.7 Å². The maximum Gasteiger partial charge on any atom is 1.00 e. The Hall–Kier alpha value is -4.11. The number of hydrogen-bond acceptors (Lipinski definition) is 44. The first-order valence-electron chi connectivity index (χ1n) is 31.1. The Balaban J connectivity index is 0.00000570. The normalized spacial score (nSPS) is 11.4. The van der Waals surface area contributed by atoms with Gasteiger partial charge < -0.3 is 106 Å². The van der Waals surface area contributed by atoms with E-state index in [1.165, 1.54) is 124 Å². The van der Waals surface area contributed by atoms with Gasteiger partial charge in [0.15, 0.2) is 0 Å². The van der Waals surface area contributed by atoms with E-state index in [0.29, 0.717) is 24.1 Å². The standard InChI is InChI=1S/C61H66N18O24S6.6Na/c80-27-21-77(22-28-81)59-71-53(62-41-13-17-47(18-14-41)106(88,89)90)68-55(73-59)64-43-9-5-37(49(33-43)104-102-100-86)1-4-40-8-12-46(36-52(40)109(97,98)99)67-58-70-56(74-61(76-58)79(25-31-84)26-32-85)65-44-10-6-38(50(34-44)105-103-101-87)2-3-39-7-11-45(35-51(39)108(94,95)96)66-57-69-54(72-60(75-57)78(23-29-82)24-30-83)63-42-15-19-48(20-16-42)107(91,92)93;;;;;;/h1-20,33-36,80-87H,21-32H2,(H,88,89,90)(H,91,92,93)(H,94,95,96)(H,97,98,99)(H2,62,64,68,71,73)(H2,63,66,69,72,75)(H2,65,67,70,74,76);;;;;;/q;6*+1/p-6/b3-2+,4-1+;;;;;;. The number of nitrogens with one attached hydrogen (secondary N) is 6. The molecule has 0 aliphatic heterocycles. The van der Waals surface area contributed by atoms with Gasteiger partial charge in [0.2, 0.25) is 53.5 Å². The average molecular weight is 1760 g/mol. The van der Waals surface area contributed by atoms with Gasteiger partial charge in [-0.25, -0.2) is 33.7 Å². The zero-order chi connectivity index (χ0) is 78.5. The average Bonchev–Trinajstić information content (AvgIpc) is 0.803. The summed E-state index contributed by atoms with van der Waals surface area (Å²) < 4.78 is 156. The van der Waals surface area contributed by atoms with Gasteiger partial charge in [0.1, 0.15) is 40.5 Å². The van der Waals surface area contributed by atoms with Gasteiger partial charge in [0, 0.05) is 83.2 Å². The first-order chi connectivity index (χ1) is 52.1. The smallest absolute Gasteiger partial charge is 0.744 e. The van der Waals surface area contributed by atoms with Crippen LogP contribution in [0.3, 0.4) is 0 Å². The van der Waals surface area contributed by atoms with Crippen LogP contribution in [-0.2, 0) is 59.2 Å². The molecule has 6 aromatic carbocycles. The molecule has 0 unspecified atom stereocenters. The fraction of sp³-hybridized carbons (Fsp3) is 0.197. The van der Waals surface area contributed by atoms with E-state index >= 15 is 0 Å². The molecular formula is C61H60N18Na6O24S6. The van der Waals surface area contributed by atoms with E-state index < -0.39 is 86.5 Å². The van der Waals surface area contributed by atoms with Crippen molar-refractivity contribution in [2.24, 2.45) is 0 Å². The molecule has 9 aromatic rings. The second kappa shape index (κ2) is 50.3. The van der Waals surface area contributed by atoms with E-state index in [0.717, 1.165) is 36.4 Å². The molecule has 0 bridgehead atoms. The largest absolute Gasteiger partial charge is 1.00 e. The number of aromatic nitrogens is 9. The van der Waals surface area contributed by atoms with Crippen LogP contribution in [0.25, 0.3) is 24.3 Å². The molecule has 3 heterocycles. The summed E-state index contributed by atoms with van der Waals surface area (Å²) in [7, 11) is -20.2. The maximum absolute atomic E-state index is 13.0. The van der Waals surface area contributed by atoms with Crippen molar-refractivity contribution < 1.29 is 289 Å². The van der Waals surface area contributed by atoms with Crippen molar-refractivity contribution in [1.29, 1.82) is 0 Å². The van der Waals surface area contributed by atoms with E-state index in [2.05, 4.69) is 95.5 Å². The Morgan fingerprint density at radius 3 is 0.783 bits per heavy atom. The molecule has 3 aromatic heterocycles. The van der Waals surface area contributed by atoms with Crippen LogP contribution in [0, 0.1) is 0 Å². The first kappa shape index (κ1) is 105. The summed E-state index contributed by atoms with van der Waals surface area (Å²) >= 11 is 0.820. The first-order valence-corrected chi connectivity index (χ1v) is 38.2. The molecule has 115 heavy (non-hydrogen) atoms. The number of hydrogen-bond donors (Lipinski definition) is 12. The number of nitrogens with zero attached hydrogens (tertiary/aromatic N) is 12. The summed E-state index contributed by atoms with van der Waals surface area (Å²) in [4.78, 5) is 41.3. The predicted molar refractivity (Wildman–Crippen MR) is 383 cm³/mol. The summed E-state index contributed by atoms with van der Waals surface area (Å²) in [5.74, 6) is -1.53. The van der Waals surface area contributed by atoms with Gasteiger partial charge in [-0.05, 0) is 119 Å². The monoisotopic (exact) mass is 1760 g/mol.